The standard InChI is InChI=1S/C13H25N3O4/c1-8(2)5-9(7-14)6-12(18)16-10(13(19)20)3-4-11(15)17/h8-10H,3-7,14H2,1-2H3,(H2,15,17)(H,16,18)(H,19,20)/t9?,10-/m1/s1. The Bertz CT molecular complexity index is 345. The van der Waals surface area contributed by atoms with Gasteiger partial charge in [-0.25, -0.2) is 4.79 Å². The number of hydrogen-bond acceptors (Lipinski definition) is 4. The lowest BCUT2D eigenvalue weighted by molar-refractivity contribution is -0.142. The van der Waals surface area contributed by atoms with Crippen LogP contribution in [0.15, 0.2) is 0 Å². The zero-order chi connectivity index (χ0) is 15.7. The van der Waals surface area contributed by atoms with Gasteiger partial charge in [-0.1, -0.05) is 13.8 Å². The molecule has 0 heterocycles. The summed E-state index contributed by atoms with van der Waals surface area (Å²) in [6.07, 6.45) is 0.912. The van der Waals surface area contributed by atoms with Gasteiger partial charge in [0.05, 0.1) is 0 Å². The number of amides is 2. The molecular weight excluding hydrogens is 262 g/mol. The largest absolute Gasteiger partial charge is 0.480 e. The number of carboxylic acid groups (broad SMARTS) is 1. The van der Waals surface area contributed by atoms with E-state index in [4.69, 9.17) is 16.6 Å². The van der Waals surface area contributed by atoms with Crippen LogP contribution in [-0.2, 0) is 14.4 Å². The fourth-order valence-electron chi connectivity index (χ4n) is 1.99. The lowest BCUT2D eigenvalue weighted by atomic mass is 9.94. The van der Waals surface area contributed by atoms with Crippen molar-refractivity contribution in [1.82, 2.24) is 5.32 Å². The Balaban J connectivity index is 4.37. The molecule has 2 amide bonds. The molecule has 20 heavy (non-hydrogen) atoms. The molecule has 2 atom stereocenters. The van der Waals surface area contributed by atoms with Gasteiger partial charge in [-0.3, -0.25) is 9.59 Å². The van der Waals surface area contributed by atoms with Crippen LogP contribution in [0, 0.1) is 11.8 Å². The predicted molar refractivity (Wildman–Crippen MR) is 74.6 cm³/mol. The van der Waals surface area contributed by atoms with E-state index in [2.05, 4.69) is 5.32 Å². The second kappa shape index (κ2) is 9.30. The Hall–Kier alpha value is -1.63. The van der Waals surface area contributed by atoms with Gasteiger partial charge in [-0.05, 0) is 31.2 Å². The van der Waals surface area contributed by atoms with E-state index in [-0.39, 0.29) is 31.1 Å². The highest BCUT2D eigenvalue weighted by molar-refractivity contribution is 5.84. The van der Waals surface area contributed by atoms with Crippen molar-refractivity contribution in [2.24, 2.45) is 23.3 Å². The minimum absolute atomic E-state index is 0.00607. The number of aliphatic carboxylic acids is 1. The topological polar surface area (TPSA) is 136 Å². The van der Waals surface area contributed by atoms with Crippen LogP contribution in [0.25, 0.3) is 0 Å². The Morgan fingerprint density at radius 3 is 2.25 bits per heavy atom. The zero-order valence-corrected chi connectivity index (χ0v) is 12.1. The quantitative estimate of drug-likeness (QED) is 0.442. The van der Waals surface area contributed by atoms with Gasteiger partial charge in [0.25, 0.3) is 0 Å². The maximum absolute atomic E-state index is 11.8. The highest BCUT2D eigenvalue weighted by atomic mass is 16.4. The van der Waals surface area contributed by atoms with Gasteiger partial charge < -0.3 is 21.9 Å². The number of hydrogen-bond donors (Lipinski definition) is 4. The smallest absolute Gasteiger partial charge is 0.326 e. The third kappa shape index (κ3) is 8.47. The van der Waals surface area contributed by atoms with Gasteiger partial charge in [0.15, 0.2) is 0 Å². The summed E-state index contributed by atoms with van der Waals surface area (Å²) in [6.45, 7) is 4.45. The van der Waals surface area contributed by atoms with E-state index < -0.39 is 17.9 Å². The molecule has 0 aliphatic rings. The molecule has 116 valence electrons. The zero-order valence-electron chi connectivity index (χ0n) is 12.1. The van der Waals surface area contributed by atoms with Gasteiger partial charge in [0.2, 0.25) is 11.8 Å². The van der Waals surface area contributed by atoms with Crippen molar-refractivity contribution in [3.63, 3.8) is 0 Å². The number of primary amides is 1. The summed E-state index contributed by atoms with van der Waals surface area (Å²) in [5, 5.41) is 11.4. The molecule has 0 aromatic rings. The minimum Gasteiger partial charge on any atom is -0.480 e. The van der Waals surface area contributed by atoms with E-state index in [0.717, 1.165) is 6.42 Å². The molecule has 0 radical (unpaired) electrons. The molecule has 1 unspecified atom stereocenters. The molecule has 0 aromatic carbocycles. The molecule has 0 aliphatic heterocycles. The van der Waals surface area contributed by atoms with Crippen LogP contribution in [0.5, 0.6) is 0 Å². The third-order valence-corrected chi connectivity index (χ3v) is 2.92. The molecular formula is C13H25N3O4. The Kier molecular flexibility index (Phi) is 8.54. The van der Waals surface area contributed by atoms with Crippen LogP contribution in [0.2, 0.25) is 0 Å². The second-order valence-corrected chi connectivity index (χ2v) is 5.40. The Labute approximate surface area is 119 Å². The molecule has 0 bridgehead atoms. The molecule has 0 saturated heterocycles. The van der Waals surface area contributed by atoms with E-state index in [0.29, 0.717) is 12.5 Å². The van der Waals surface area contributed by atoms with Gasteiger partial charge in [-0.15, -0.1) is 0 Å². The molecule has 0 aromatic heterocycles. The number of carbonyl (C=O) groups excluding carboxylic acids is 2. The SMILES string of the molecule is CC(C)CC(CN)CC(=O)N[C@H](CCC(N)=O)C(=O)O. The average Bonchev–Trinajstić information content (AvgIpc) is 2.32. The minimum atomic E-state index is -1.17. The van der Waals surface area contributed by atoms with Crippen molar-refractivity contribution in [3.8, 4) is 0 Å². The van der Waals surface area contributed by atoms with E-state index >= 15 is 0 Å². The summed E-state index contributed by atoms with van der Waals surface area (Å²) in [7, 11) is 0. The Morgan fingerprint density at radius 1 is 1.25 bits per heavy atom. The normalized spacial score (nSPS) is 13.8. The Morgan fingerprint density at radius 2 is 1.85 bits per heavy atom. The van der Waals surface area contributed by atoms with Crippen molar-refractivity contribution >= 4 is 17.8 Å². The summed E-state index contributed by atoms with van der Waals surface area (Å²) < 4.78 is 0. The van der Waals surface area contributed by atoms with Crippen LogP contribution in [0.3, 0.4) is 0 Å². The van der Waals surface area contributed by atoms with Gasteiger partial charge >= 0.3 is 5.97 Å². The first kappa shape index (κ1) is 18.4. The van der Waals surface area contributed by atoms with Gasteiger partial charge in [-0.2, -0.15) is 0 Å². The van der Waals surface area contributed by atoms with E-state index in [9.17, 15) is 14.4 Å². The predicted octanol–water partition coefficient (Wildman–Crippen LogP) is -0.168. The summed E-state index contributed by atoms with van der Waals surface area (Å²) in [5.41, 5.74) is 10.6. The average molecular weight is 287 g/mol. The second-order valence-electron chi connectivity index (χ2n) is 5.40. The van der Waals surface area contributed by atoms with Crippen molar-refractivity contribution in [1.29, 1.82) is 0 Å². The molecule has 0 fully saturated rings. The first-order chi connectivity index (χ1) is 9.26. The van der Waals surface area contributed by atoms with Crippen LogP contribution >= 0.6 is 0 Å². The van der Waals surface area contributed by atoms with E-state index in [1.807, 2.05) is 13.8 Å². The summed E-state index contributed by atoms with van der Waals surface area (Å²) in [6, 6.07) is -1.09. The number of carbonyl (C=O) groups is 3. The van der Waals surface area contributed by atoms with Crippen molar-refractivity contribution < 1.29 is 19.5 Å². The number of nitrogens with one attached hydrogen (secondary N) is 1. The molecule has 7 nitrogen and oxygen atoms in total. The van der Waals surface area contributed by atoms with Gasteiger partial charge in [0, 0.05) is 12.8 Å². The lowest BCUT2D eigenvalue weighted by Gasteiger charge is -2.19. The van der Waals surface area contributed by atoms with Gasteiger partial charge in [0.1, 0.15) is 6.04 Å². The first-order valence-corrected chi connectivity index (χ1v) is 6.76. The number of nitrogens with two attached hydrogens (primary N) is 2. The van der Waals surface area contributed by atoms with Crippen molar-refractivity contribution in [2.45, 2.75) is 45.6 Å². The summed E-state index contributed by atoms with van der Waals surface area (Å²) in [4.78, 5) is 33.5. The fourth-order valence-corrected chi connectivity index (χ4v) is 1.99. The highest BCUT2D eigenvalue weighted by Gasteiger charge is 2.22. The number of rotatable bonds is 10. The monoisotopic (exact) mass is 287 g/mol. The fraction of sp³-hybridized carbons (Fsp3) is 0.769. The number of carboxylic acids is 1. The maximum atomic E-state index is 11.8. The van der Waals surface area contributed by atoms with Crippen LogP contribution in [-0.4, -0.2) is 35.5 Å². The maximum Gasteiger partial charge on any atom is 0.326 e. The van der Waals surface area contributed by atoms with Crippen LogP contribution in [0.1, 0.15) is 39.5 Å². The van der Waals surface area contributed by atoms with E-state index in [1.54, 1.807) is 0 Å². The molecule has 0 saturated carbocycles. The lowest BCUT2D eigenvalue weighted by Crippen LogP contribution is -2.42. The summed E-state index contributed by atoms with van der Waals surface area (Å²) in [5.74, 6) is -1.68. The van der Waals surface area contributed by atoms with Crippen molar-refractivity contribution in [3.05, 3.63) is 0 Å². The van der Waals surface area contributed by atoms with E-state index in [1.165, 1.54) is 0 Å². The molecule has 0 aliphatic carbocycles. The van der Waals surface area contributed by atoms with Crippen molar-refractivity contribution in [2.75, 3.05) is 6.54 Å². The van der Waals surface area contributed by atoms with Crippen LogP contribution in [0.4, 0.5) is 0 Å². The highest BCUT2D eigenvalue weighted by Crippen LogP contribution is 2.14. The molecule has 0 spiro atoms. The summed E-state index contributed by atoms with van der Waals surface area (Å²) >= 11 is 0. The molecule has 0 rings (SSSR count). The first-order valence-electron chi connectivity index (χ1n) is 6.76. The molecule has 6 N–H and O–H groups in total. The molecule has 7 heteroatoms. The van der Waals surface area contributed by atoms with Crippen LogP contribution < -0.4 is 16.8 Å². The third-order valence-electron chi connectivity index (χ3n) is 2.92.